The van der Waals surface area contributed by atoms with Crippen molar-refractivity contribution in [3.8, 4) is 6.07 Å². The first-order chi connectivity index (χ1) is 9.10. The van der Waals surface area contributed by atoms with Crippen LogP contribution in [0.2, 0.25) is 0 Å². The van der Waals surface area contributed by atoms with E-state index in [4.69, 9.17) is 5.26 Å². The average Bonchev–Trinajstić information content (AvgIpc) is 2.46. The second-order valence-corrected chi connectivity index (χ2v) is 5.69. The lowest BCUT2D eigenvalue weighted by Gasteiger charge is -2.24. The van der Waals surface area contributed by atoms with Crippen molar-refractivity contribution in [1.29, 1.82) is 5.26 Å². The van der Waals surface area contributed by atoms with E-state index in [0.717, 1.165) is 17.9 Å². The number of hydrogen-bond acceptors (Lipinski definition) is 4. The molecule has 102 valence electrons. The van der Waals surface area contributed by atoms with Gasteiger partial charge in [0.1, 0.15) is 11.8 Å². The van der Waals surface area contributed by atoms with Crippen LogP contribution in [0.3, 0.4) is 0 Å². The summed E-state index contributed by atoms with van der Waals surface area (Å²) in [7, 11) is 1.80. The largest absolute Gasteiger partial charge is 0.338 e. The number of rotatable bonds is 6. The number of aromatic nitrogens is 1. The van der Waals surface area contributed by atoms with E-state index in [1.165, 1.54) is 6.20 Å². The maximum Gasteiger partial charge on any atom is 0.272 e. The molecule has 1 aromatic heterocycles. The topological polar surface area (TPSA) is 57.0 Å². The molecule has 4 nitrogen and oxygen atoms in total. The van der Waals surface area contributed by atoms with Gasteiger partial charge in [-0.25, -0.2) is 4.98 Å². The Kier molecular flexibility index (Phi) is 6.37. The quantitative estimate of drug-likeness (QED) is 0.750. The van der Waals surface area contributed by atoms with E-state index >= 15 is 0 Å². The summed E-state index contributed by atoms with van der Waals surface area (Å²) >= 11 is 1.88. The number of carbonyl (C=O) groups excluding carboxylic acids is 1. The molecule has 1 amide bonds. The minimum Gasteiger partial charge on any atom is -0.338 e. The normalized spacial score (nSPS) is 11.7. The van der Waals surface area contributed by atoms with Gasteiger partial charge in [0.15, 0.2) is 0 Å². The first-order valence-electron chi connectivity index (χ1n) is 6.31. The van der Waals surface area contributed by atoms with Crippen molar-refractivity contribution in [2.45, 2.75) is 26.3 Å². The summed E-state index contributed by atoms with van der Waals surface area (Å²) < 4.78 is 0. The molecule has 0 aromatic carbocycles. The smallest absolute Gasteiger partial charge is 0.272 e. The standard InChI is InChI=1S/C14H19N3OS/c1-4-19-8-7-11(2)17(3)14(18)13-6-5-12(9-15)10-16-13/h5-6,10-11H,4,7-8H2,1-3H3. The van der Waals surface area contributed by atoms with E-state index in [1.807, 2.05) is 24.8 Å². The summed E-state index contributed by atoms with van der Waals surface area (Å²) in [5, 5.41) is 8.70. The first kappa shape index (κ1) is 15.5. The van der Waals surface area contributed by atoms with Crippen LogP contribution in [-0.4, -0.2) is 40.4 Å². The van der Waals surface area contributed by atoms with Gasteiger partial charge in [-0.05, 0) is 37.0 Å². The van der Waals surface area contributed by atoms with E-state index in [0.29, 0.717) is 11.3 Å². The zero-order valence-electron chi connectivity index (χ0n) is 11.6. The second-order valence-electron chi connectivity index (χ2n) is 4.29. The van der Waals surface area contributed by atoms with Crippen LogP contribution in [-0.2, 0) is 0 Å². The van der Waals surface area contributed by atoms with E-state index in [2.05, 4.69) is 11.9 Å². The van der Waals surface area contributed by atoms with Crippen LogP contribution in [0, 0.1) is 11.3 Å². The Morgan fingerprint density at radius 1 is 1.58 bits per heavy atom. The van der Waals surface area contributed by atoms with Crippen LogP contribution < -0.4 is 0 Å². The number of nitrogens with zero attached hydrogens (tertiary/aromatic N) is 3. The summed E-state index contributed by atoms with van der Waals surface area (Å²) in [6.45, 7) is 4.17. The molecule has 0 radical (unpaired) electrons. The van der Waals surface area contributed by atoms with Gasteiger partial charge < -0.3 is 4.90 Å². The van der Waals surface area contributed by atoms with Crippen molar-refractivity contribution in [3.05, 3.63) is 29.6 Å². The van der Waals surface area contributed by atoms with Crippen LogP contribution in [0.25, 0.3) is 0 Å². The molecule has 0 N–H and O–H groups in total. The van der Waals surface area contributed by atoms with Gasteiger partial charge in [-0.2, -0.15) is 17.0 Å². The van der Waals surface area contributed by atoms with Crippen LogP contribution in [0.4, 0.5) is 0 Å². The number of hydrogen-bond donors (Lipinski definition) is 0. The molecule has 0 bridgehead atoms. The van der Waals surface area contributed by atoms with Crippen molar-refractivity contribution in [1.82, 2.24) is 9.88 Å². The lowest BCUT2D eigenvalue weighted by Crippen LogP contribution is -2.35. The van der Waals surface area contributed by atoms with Crippen LogP contribution in [0.1, 0.15) is 36.3 Å². The summed E-state index contributed by atoms with van der Waals surface area (Å²) in [4.78, 5) is 17.9. The van der Waals surface area contributed by atoms with Crippen molar-refractivity contribution in [3.63, 3.8) is 0 Å². The molecule has 0 aliphatic heterocycles. The zero-order chi connectivity index (χ0) is 14.3. The van der Waals surface area contributed by atoms with Gasteiger partial charge in [-0.3, -0.25) is 4.79 Å². The van der Waals surface area contributed by atoms with Gasteiger partial charge in [0.05, 0.1) is 5.56 Å². The van der Waals surface area contributed by atoms with Crippen molar-refractivity contribution in [2.75, 3.05) is 18.6 Å². The maximum atomic E-state index is 12.2. The minimum atomic E-state index is -0.0986. The summed E-state index contributed by atoms with van der Waals surface area (Å²) in [6, 6.07) is 5.39. The van der Waals surface area contributed by atoms with Gasteiger partial charge in [0.25, 0.3) is 5.91 Å². The molecule has 0 saturated carbocycles. The lowest BCUT2D eigenvalue weighted by molar-refractivity contribution is 0.0735. The van der Waals surface area contributed by atoms with Crippen molar-refractivity contribution >= 4 is 17.7 Å². The third-order valence-electron chi connectivity index (χ3n) is 2.98. The summed E-state index contributed by atoms with van der Waals surface area (Å²) in [5.41, 5.74) is 0.850. The molecule has 1 aromatic rings. The molecule has 1 atom stereocenters. The zero-order valence-corrected chi connectivity index (χ0v) is 12.4. The fraction of sp³-hybridized carbons (Fsp3) is 0.500. The molecule has 0 spiro atoms. The molecule has 19 heavy (non-hydrogen) atoms. The SMILES string of the molecule is CCSCCC(C)N(C)C(=O)c1ccc(C#N)cn1. The molecule has 0 aliphatic carbocycles. The maximum absolute atomic E-state index is 12.2. The predicted octanol–water partition coefficient (Wildman–Crippen LogP) is 2.56. The average molecular weight is 277 g/mol. The highest BCUT2D eigenvalue weighted by atomic mass is 32.2. The van der Waals surface area contributed by atoms with Gasteiger partial charge in [0.2, 0.25) is 0 Å². The highest BCUT2D eigenvalue weighted by Gasteiger charge is 2.18. The number of nitriles is 1. The monoisotopic (exact) mass is 277 g/mol. The molecule has 1 heterocycles. The van der Waals surface area contributed by atoms with E-state index in [-0.39, 0.29) is 11.9 Å². The molecule has 0 aliphatic rings. The second kappa shape index (κ2) is 7.80. The molecule has 1 unspecified atom stereocenters. The van der Waals surface area contributed by atoms with Crippen LogP contribution in [0.15, 0.2) is 18.3 Å². The molecular weight excluding hydrogens is 258 g/mol. The fourth-order valence-corrected chi connectivity index (χ4v) is 2.36. The van der Waals surface area contributed by atoms with E-state index in [1.54, 1.807) is 24.1 Å². The highest BCUT2D eigenvalue weighted by Crippen LogP contribution is 2.11. The summed E-state index contributed by atoms with van der Waals surface area (Å²) in [5.74, 6) is 2.05. The number of pyridine rings is 1. The molecule has 5 heteroatoms. The number of carbonyl (C=O) groups is 1. The van der Waals surface area contributed by atoms with Crippen LogP contribution >= 0.6 is 11.8 Å². The Bertz CT molecular complexity index is 453. The molecular formula is C14H19N3OS. The first-order valence-corrected chi connectivity index (χ1v) is 7.46. The van der Waals surface area contributed by atoms with Gasteiger partial charge >= 0.3 is 0 Å². The van der Waals surface area contributed by atoms with Crippen molar-refractivity contribution < 1.29 is 4.79 Å². The lowest BCUT2D eigenvalue weighted by atomic mass is 10.2. The minimum absolute atomic E-state index is 0.0986. The van der Waals surface area contributed by atoms with E-state index in [9.17, 15) is 4.79 Å². The predicted molar refractivity (Wildman–Crippen MR) is 78.1 cm³/mol. The molecule has 1 rings (SSSR count). The van der Waals surface area contributed by atoms with Gasteiger partial charge in [-0.1, -0.05) is 6.92 Å². The van der Waals surface area contributed by atoms with Crippen molar-refractivity contribution in [2.24, 2.45) is 0 Å². The Balaban J connectivity index is 2.62. The molecule has 0 saturated heterocycles. The third kappa shape index (κ3) is 4.56. The van der Waals surface area contributed by atoms with Crippen LogP contribution in [0.5, 0.6) is 0 Å². The van der Waals surface area contributed by atoms with Gasteiger partial charge in [-0.15, -0.1) is 0 Å². The Hall–Kier alpha value is -1.54. The summed E-state index contributed by atoms with van der Waals surface area (Å²) in [6.07, 6.45) is 2.40. The van der Waals surface area contributed by atoms with Gasteiger partial charge in [0, 0.05) is 19.3 Å². The highest BCUT2D eigenvalue weighted by molar-refractivity contribution is 7.99. The Labute approximate surface area is 118 Å². The Morgan fingerprint density at radius 2 is 2.32 bits per heavy atom. The third-order valence-corrected chi connectivity index (χ3v) is 3.91. The fourth-order valence-electron chi connectivity index (χ4n) is 1.56. The van der Waals surface area contributed by atoms with E-state index < -0.39 is 0 Å². The number of amides is 1. The number of thioether (sulfide) groups is 1. The molecule has 0 fully saturated rings. The Morgan fingerprint density at radius 3 is 2.84 bits per heavy atom.